The van der Waals surface area contributed by atoms with Crippen LogP contribution in [-0.2, 0) is 5.33 Å². The number of rotatable bonds is 2. The Morgan fingerprint density at radius 1 is 1.46 bits per heavy atom. The number of alkyl halides is 1. The third-order valence-electron chi connectivity index (χ3n) is 1.39. The largest absolute Gasteiger partial charge is 0.384 e. The molecule has 0 aromatic heterocycles. The van der Waals surface area contributed by atoms with Crippen LogP contribution < -0.4 is 11.5 Å². The number of hydrogen-bond donors (Lipinski definition) is 3. The molecule has 4 heteroatoms. The maximum Gasteiger partial charge on any atom is 0.122 e. The van der Waals surface area contributed by atoms with E-state index in [1.165, 1.54) is 7.05 Å². The molecule has 1 rings (SSSR count). The van der Waals surface area contributed by atoms with Crippen molar-refractivity contribution in [3.8, 4) is 0 Å². The van der Waals surface area contributed by atoms with E-state index in [4.69, 9.17) is 11.1 Å². The summed E-state index contributed by atoms with van der Waals surface area (Å²) in [5, 5.41) is 7.97. The van der Waals surface area contributed by atoms with Gasteiger partial charge in [-0.25, -0.2) is 0 Å². The molecule has 0 aliphatic carbocycles. The summed E-state index contributed by atoms with van der Waals surface area (Å²) in [5.41, 5.74) is 11.7. The fraction of sp³-hybridized carbons (Fsp3) is 0.222. The van der Waals surface area contributed by atoms with Gasteiger partial charge in [0, 0.05) is 10.9 Å². The minimum absolute atomic E-state index is 0.118. The average Bonchev–Trinajstić information content (AvgIpc) is 2.21. The Hall–Kier alpha value is -0.870. The van der Waals surface area contributed by atoms with Gasteiger partial charge in [-0.05, 0) is 18.7 Å². The highest BCUT2D eigenvalue weighted by Gasteiger charge is 1.95. The first-order valence-electron chi connectivity index (χ1n) is 3.81. The molecule has 1 aromatic rings. The quantitative estimate of drug-likeness (QED) is 0.418. The summed E-state index contributed by atoms with van der Waals surface area (Å²) >= 11 is 3.33. The molecule has 0 atom stereocenters. The van der Waals surface area contributed by atoms with E-state index in [0.29, 0.717) is 0 Å². The smallest absolute Gasteiger partial charge is 0.122 e. The van der Waals surface area contributed by atoms with Crippen LogP contribution in [0.5, 0.6) is 0 Å². The predicted molar refractivity (Wildman–Crippen MR) is 60.2 cm³/mol. The van der Waals surface area contributed by atoms with Gasteiger partial charge in [0.2, 0.25) is 0 Å². The van der Waals surface area contributed by atoms with Crippen LogP contribution >= 0.6 is 15.9 Å². The van der Waals surface area contributed by atoms with E-state index in [1.807, 2.05) is 24.3 Å². The van der Waals surface area contributed by atoms with Crippen LogP contribution in [0.3, 0.4) is 0 Å². The first-order chi connectivity index (χ1) is 6.24. The summed E-state index contributed by atoms with van der Waals surface area (Å²) in [6.45, 7) is 0. The van der Waals surface area contributed by atoms with Gasteiger partial charge in [-0.2, -0.15) is 0 Å². The molecule has 0 aliphatic heterocycles. The molecule has 0 radical (unpaired) electrons. The number of nitrogens with one attached hydrogen (secondary N) is 1. The van der Waals surface area contributed by atoms with Crippen molar-refractivity contribution in [3.63, 3.8) is 0 Å². The predicted octanol–water partition coefficient (Wildman–Crippen LogP) is 1.44. The number of nitrogen functional groups attached to an aromatic ring is 1. The molecule has 0 fully saturated rings. The lowest BCUT2D eigenvalue weighted by molar-refractivity contribution is 1.38. The van der Waals surface area contributed by atoms with Crippen molar-refractivity contribution in [3.05, 3.63) is 35.4 Å². The van der Waals surface area contributed by atoms with Crippen molar-refractivity contribution in [1.82, 2.24) is 0 Å². The molecular formula is C9H14BrN3. The minimum atomic E-state index is 0.118. The first-order valence-corrected chi connectivity index (χ1v) is 4.93. The highest BCUT2D eigenvalue weighted by Crippen LogP contribution is 2.07. The van der Waals surface area contributed by atoms with Crippen molar-refractivity contribution in [1.29, 1.82) is 5.41 Å². The highest BCUT2D eigenvalue weighted by atomic mass is 79.9. The van der Waals surface area contributed by atoms with Crippen molar-refractivity contribution in [2.75, 3.05) is 7.05 Å². The van der Waals surface area contributed by atoms with Gasteiger partial charge >= 0.3 is 0 Å². The van der Waals surface area contributed by atoms with Crippen LogP contribution in [0.2, 0.25) is 0 Å². The lowest BCUT2D eigenvalue weighted by Gasteiger charge is -1.99. The van der Waals surface area contributed by atoms with Crippen LogP contribution in [0.15, 0.2) is 24.3 Å². The maximum atomic E-state index is 7.17. The zero-order valence-electron chi connectivity index (χ0n) is 7.55. The van der Waals surface area contributed by atoms with Gasteiger partial charge in [-0.15, -0.1) is 0 Å². The second-order valence-corrected chi connectivity index (χ2v) is 2.81. The lowest BCUT2D eigenvalue weighted by atomic mass is 10.1. The van der Waals surface area contributed by atoms with Gasteiger partial charge in [-0.3, -0.25) is 5.41 Å². The van der Waals surface area contributed by atoms with Gasteiger partial charge in [0.05, 0.1) is 0 Å². The molecular weight excluding hydrogens is 230 g/mol. The highest BCUT2D eigenvalue weighted by molar-refractivity contribution is 9.08. The average molecular weight is 244 g/mol. The standard InChI is InChI=1S/C8H9BrN2.CH5N/c9-5-6-2-1-3-7(4-6)8(10)11;1-2/h1-4H,5H2,(H3,10,11);2H2,1H3. The van der Waals surface area contributed by atoms with Gasteiger partial charge < -0.3 is 11.5 Å². The lowest BCUT2D eigenvalue weighted by Crippen LogP contribution is -2.10. The van der Waals surface area contributed by atoms with Gasteiger partial charge in [0.15, 0.2) is 0 Å². The SMILES string of the molecule is CN.N=C(N)c1cccc(CBr)c1. The van der Waals surface area contributed by atoms with Gasteiger partial charge in [0.25, 0.3) is 0 Å². The van der Waals surface area contributed by atoms with E-state index in [9.17, 15) is 0 Å². The number of hydrogen-bond acceptors (Lipinski definition) is 2. The summed E-state index contributed by atoms with van der Waals surface area (Å²) < 4.78 is 0. The van der Waals surface area contributed by atoms with E-state index < -0.39 is 0 Å². The summed E-state index contributed by atoms with van der Waals surface area (Å²) in [4.78, 5) is 0. The Kier molecular flexibility index (Phi) is 6.18. The van der Waals surface area contributed by atoms with E-state index >= 15 is 0 Å². The molecule has 72 valence electrons. The molecule has 1 aromatic carbocycles. The third-order valence-corrected chi connectivity index (χ3v) is 2.04. The normalized spacial score (nSPS) is 8.54. The second-order valence-electron chi connectivity index (χ2n) is 2.25. The molecule has 0 spiro atoms. The van der Waals surface area contributed by atoms with Crippen LogP contribution in [0.1, 0.15) is 11.1 Å². The zero-order chi connectivity index (χ0) is 10.3. The Morgan fingerprint density at radius 3 is 2.54 bits per heavy atom. The number of nitrogens with two attached hydrogens (primary N) is 2. The third kappa shape index (κ3) is 4.05. The van der Waals surface area contributed by atoms with Gasteiger partial charge in [0.1, 0.15) is 5.84 Å². The van der Waals surface area contributed by atoms with Crippen molar-refractivity contribution in [2.24, 2.45) is 11.5 Å². The summed E-state index contributed by atoms with van der Waals surface area (Å²) in [7, 11) is 1.50. The molecule has 13 heavy (non-hydrogen) atoms. The van der Waals surface area contributed by atoms with Crippen LogP contribution in [0.25, 0.3) is 0 Å². The Labute approximate surface area is 86.8 Å². The first kappa shape index (κ1) is 12.1. The summed E-state index contributed by atoms with van der Waals surface area (Å²) in [6, 6.07) is 7.61. The molecule has 0 amide bonds. The van der Waals surface area contributed by atoms with Crippen LogP contribution in [0, 0.1) is 5.41 Å². The van der Waals surface area contributed by atoms with E-state index in [0.717, 1.165) is 16.5 Å². The molecule has 3 nitrogen and oxygen atoms in total. The molecule has 0 heterocycles. The van der Waals surface area contributed by atoms with Crippen molar-refractivity contribution < 1.29 is 0 Å². The number of halogens is 1. The second kappa shape index (κ2) is 6.62. The topological polar surface area (TPSA) is 75.9 Å². The molecule has 0 aliphatic rings. The molecule has 0 unspecified atom stereocenters. The Bertz CT molecular complexity index is 273. The molecule has 5 N–H and O–H groups in total. The van der Waals surface area contributed by atoms with Crippen LogP contribution in [0.4, 0.5) is 0 Å². The molecule has 0 saturated heterocycles. The summed E-state index contributed by atoms with van der Waals surface area (Å²) in [6.07, 6.45) is 0. The fourth-order valence-corrected chi connectivity index (χ4v) is 1.17. The van der Waals surface area contributed by atoms with Gasteiger partial charge in [-0.1, -0.05) is 34.1 Å². The molecule has 0 saturated carbocycles. The zero-order valence-corrected chi connectivity index (χ0v) is 9.14. The Morgan fingerprint density at radius 2 is 2.08 bits per heavy atom. The maximum absolute atomic E-state index is 7.17. The molecule has 0 bridgehead atoms. The monoisotopic (exact) mass is 243 g/mol. The van der Waals surface area contributed by atoms with Crippen LogP contribution in [-0.4, -0.2) is 12.9 Å². The van der Waals surface area contributed by atoms with E-state index in [1.54, 1.807) is 0 Å². The van der Waals surface area contributed by atoms with E-state index in [2.05, 4.69) is 21.7 Å². The number of amidine groups is 1. The van der Waals surface area contributed by atoms with E-state index in [-0.39, 0.29) is 5.84 Å². The Balaban J connectivity index is 0.000000671. The number of benzene rings is 1. The fourth-order valence-electron chi connectivity index (χ4n) is 0.822. The van der Waals surface area contributed by atoms with Crippen molar-refractivity contribution in [2.45, 2.75) is 5.33 Å². The summed E-state index contributed by atoms with van der Waals surface area (Å²) in [5.74, 6) is 0.118. The minimum Gasteiger partial charge on any atom is -0.384 e. The van der Waals surface area contributed by atoms with Crippen molar-refractivity contribution >= 4 is 21.8 Å².